The molecule has 9 heteroatoms. The molecule has 17 heavy (non-hydrogen) atoms. The molecular formula is C8H8O8S. The minimum Gasteiger partial charge on any atom is -0.504 e. The van der Waals surface area contributed by atoms with E-state index in [9.17, 15) is 18.3 Å². The summed E-state index contributed by atoms with van der Waals surface area (Å²) in [6.07, 6.45) is 0. The molecule has 0 spiro atoms. The SMILES string of the molecule is Cc1c(C(=O)OS(=O)(=O)O)cc(O)c(O)c1O. The molecule has 0 unspecified atom stereocenters. The van der Waals surface area contributed by atoms with Gasteiger partial charge in [0.15, 0.2) is 11.5 Å². The Morgan fingerprint density at radius 1 is 1.24 bits per heavy atom. The highest BCUT2D eigenvalue weighted by Gasteiger charge is 2.22. The summed E-state index contributed by atoms with van der Waals surface area (Å²) in [4.78, 5) is 11.2. The van der Waals surface area contributed by atoms with E-state index in [0.29, 0.717) is 6.07 Å². The zero-order chi connectivity index (χ0) is 13.4. The number of phenols is 3. The number of benzene rings is 1. The number of aromatic hydroxyl groups is 3. The Bertz CT molecular complexity index is 574. The van der Waals surface area contributed by atoms with E-state index in [4.69, 9.17) is 14.8 Å². The van der Waals surface area contributed by atoms with Crippen molar-refractivity contribution in [1.29, 1.82) is 0 Å². The molecule has 94 valence electrons. The van der Waals surface area contributed by atoms with E-state index in [1.165, 1.54) is 6.92 Å². The molecular weight excluding hydrogens is 256 g/mol. The van der Waals surface area contributed by atoms with Crippen molar-refractivity contribution in [3.05, 3.63) is 17.2 Å². The van der Waals surface area contributed by atoms with E-state index in [1.807, 2.05) is 0 Å². The number of hydrogen-bond acceptors (Lipinski definition) is 7. The van der Waals surface area contributed by atoms with Gasteiger partial charge in [-0.15, -0.1) is 0 Å². The smallest absolute Gasteiger partial charge is 0.449 e. The van der Waals surface area contributed by atoms with Crippen LogP contribution in [-0.4, -0.2) is 34.3 Å². The van der Waals surface area contributed by atoms with Crippen LogP contribution in [0.15, 0.2) is 6.07 Å². The van der Waals surface area contributed by atoms with Crippen molar-refractivity contribution in [2.24, 2.45) is 0 Å². The van der Waals surface area contributed by atoms with Crippen molar-refractivity contribution >= 4 is 16.4 Å². The van der Waals surface area contributed by atoms with Gasteiger partial charge in [-0.2, -0.15) is 8.42 Å². The Kier molecular flexibility index (Phi) is 3.16. The maximum Gasteiger partial charge on any atom is 0.449 e. The molecule has 1 aromatic carbocycles. The lowest BCUT2D eigenvalue weighted by Gasteiger charge is -2.08. The Balaban J connectivity index is 3.29. The molecule has 0 aliphatic heterocycles. The molecule has 4 N–H and O–H groups in total. The van der Waals surface area contributed by atoms with Gasteiger partial charge in [0.05, 0.1) is 5.56 Å². The molecule has 0 bridgehead atoms. The molecule has 0 atom stereocenters. The van der Waals surface area contributed by atoms with Crippen molar-refractivity contribution in [1.82, 2.24) is 0 Å². The monoisotopic (exact) mass is 264 g/mol. The minimum atomic E-state index is -5.00. The fourth-order valence-electron chi connectivity index (χ4n) is 1.09. The van der Waals surface area contributed by atoms with Gasteiger partial charge in [0.1, 0.15) is 0 Å². The van der Waals surface area contributed by atoms with Gasteiger partial charge in [0, 0.05) is 5.56 Å². The molecule has 0 radical (unpaired) electrons. The fourth-order valence-corrected chi connectivity index (χ4v) is 1.37. The van der Waals surface area contributed by atoms with Gasteiger partial charge < -0.3 is 19.5 Å². The van der Waals surface area contributed by atoms with Gasteiger partial charge in [-0.25, -0.2) is 4.79 Å². The zero-order valence-electron chi connectivity index (χ0n) is 8.41. The van der Waals surface area contributed by atoms with Crippen LogP contribution in [-0.2, 0) is 14.6 Å². The first-order chi connectivity index (χ1) is 7.63. The molecule has 0 fully saturated rings. The Morgan fingerprint density at radius 2 is 1.76 bits per heavy atom. The lowest BCUT2D eigenvalue weighted by Crippen LogP contribution is -2.13. The molecule has 0 aliphatic carbocycles. The van der Waals surface area contributed by atoms with Crippen LogP contribution in [0.25, 0.3) is 0 Å². The van der Waals surface area contributed by atoms with E-state index < -0.39 is 39.2 Å². The van der Waals surface area contributed by atoms with Crippen molar-refractivity contribution in [2.75, 3.05) is 0 Å². The van der Waals surface area contributed by atoms with E-state index >= 15 is 0 Å². The first-order valence-corrected chi connectivity index (χ1v) is 5.45. The fraction of sp³-hybridized carbons (Fsp3) is 0.125. The van der Waals surface area contributed by atoms with Gasteiger partial charge in [-0.3, -0.25) is 4.55 Å². The minimum absolute atomic E-state index is 0.214. The number of carbonyl (C=O) groups excluding carboxylic acids is 1. The third-order valence-corrected chi connectivity index (χ3v) is 2.27. The van der Waals surface area contributed by atoms with Crippen LogP contribution < -0.4 is 0 Å². The van der Waals surface area contributed by atoms with Crippen molar-refractivity contribution in [3.8, 4) is 17.2 Å². The van der Waals surface area contributed by atoms with E-state index in [-0.39, 0.29) is 5.56 Å². The van der Waals surface area contributed by atoms with Crippen LogP contribution in [0.2, 0.25) is 0 Å². The molecule has 0 amide bonds. The van der Waals surface area contributed by atoms with Crippen molar-refractivity contribution in [2.45, 2.75) is 6.92 Å². The van der Waals surface area contributed by atoms with Crippen LogP contribution in [0.5, 0.6) is 17.2 Å². The number of carbonyl (C=O) groups is 1. The average Bonchev–Trinajstić information content (AvgIpc) is 2.17. The topological polar surface area (TPSA) is 141 Å². The second-order valence-electron chi connectivity index (χ2n) is 3.06. The highest BCUT2D eigenvalue weighted by molar-refractivity contribution is 7.81. The first kappa shape index (κ1) is 13.1. The summed E-state index contributed by atoms with van der Waals surface area (Å²) in [5.74, 6) is -4.00. The first-order valence-electron chi connectivity index (χ1n) is 4.09. The number of rotatable bonds is 2. The van der Waals surface area contributed by atoms with Crippen LogP contribution >= 0.6 is 0 Å². The maximum absolute atomic E-state index is 11.2. The Morgan fingerprint density at radius 3 is 2.24 bits per heavy atom. The van der Waals surface area contributed by atoms with E-state index in [0.717, 1.165) is 0 Å². The molecule has 1 rings (SSSR count). The third-order valence-electron chi connectivity index (χ3n) is 1.91. The summed E-state index contributed by atoms with van der Waals surface area (Å²) in [6, 6.07) is 0.692. The lowest BCUT2D eigenvalue weighted by atomic mass is 10.1. The Hall–Kier alpha value is -2.00. The summed E-state index contributed by atoms with van der Waals surface area (Å²) in [6.45, 7) is 1.18. The van der Waals surface area contributed by atoms with Gasteiger partial charge in [-0.05, 0) is 13.0 Å². The normalized spacial score (nSPS) is 11.2. The van der Waals surface area contributed by atoms with Gasteiger partial charge in [-0.1, -0.05) is 0 Å². The zero-order valence-corrected chi connectivity index (χ0v) is 9.22. The second-order valence-corrected chi connectivity index (χ2v) is 4.09. The summed E-state index contributed by atoms with van der Waals surface area (Å²) < 4.78 is 32.5. The lowest BCUT2D eigenvalue weighted by molar-refractivity contribution is 0.0725. The summed E-state index contributed by atoms with van der Waals surface area (Å²) >= 11 is 0. The third kappa shape index (κ3) is 2.77. The van der Waals surface area contributed by atoms with Gasteiger partial charge in [0.2, 0.25) is 5.75 Å². The van der Waals surface area contributed by atoms with Crippen LogP contribution in [0, 0.1) is 6.92 Å². The van der Waals surface area contributed by atoms with E-state index in [2.05, 4.69) is 4.18 Å². The summed E-state index contributed by atoms with van der Waals surface area (Å²) in [5.41, 5.74) is -0.732. The average molecular weight is 264 g/mol. The molecule has 0 saturated heterocycles. The molecule has 0 saturated carbocycles. The number of hydrogen-bond donors (Lipinski definition) is 4. The molecule has 0 aliphatic rings. The second kappa shape index (κ2) is 4.11. The summed E-state index contributed by atoms with van der Waals surface area (Å²) in [5, 5.41) is 27.5. The van der Waals surface area contributed by atoms with Gasteiger partial charge in [0.25, 0.3) is 0 Å². The largest absolute Gasteiger partial charge is 0.504 e. The van der Waals surface area contributed by atoms with Crippen LogP contribution in [0.1, 0.15) is 15.9 Å². The molecule has 8 nitrogen and oxygen atoms in total. The quantitative estimate of drug-likeness (QED) is 0.434. The predicted molar refractivity (Wildman–Crippen MR) is 53.1 cm³/mol. The maximum atomic E-state index is 11.2. The van der Waals surface area contributed by atoms with Crippen molar-refractivity contribution < 1.29 is 37.3 Å². The van der Waals surface area contributed by atoms with E-state index in [1.54, 1.807) is 0 Å². The predicted octanol–water partition coefficient (Wildman–Crippen LogP) is 0.0714. The van der Waals surface area contributed by atoms with Crippen molar-refractivity contribution in [3.63, 3.8) is 0 Å². The van der Waals surface area contributed by atoms with Crippen LogP contribution in [0.3, 0.4) is 0 Å². The van der Waals surface area contributed by atoms with Crippen LogP contribution in [0.4, 0.5) is 0 Å². The molecule has 0 heterocycles. The highest BCUT2D eigenvalue weighted by atomic mass is 32.3. The number of phenolic OH excluding ortho intramolecular Hbond substituents is 3. The highest BCUT2D eigenvalue weighted by Crippen LogP contribution is 2.39. The summed E-state index contributed by atoms with van der Waals surface area (Å²) in [7, 11) is -5.00. The standard InChI is InChI=1S/C8H8O8S/c1-3-4(8(12)16-17(13,14)15)2-5(9)7(11)6(3)10/h2,9-11H,1H3,(H,13,14,15). The molecule has 1 aromatic rings. The molecule has 0 aromatic heterocycles. The Labute approximate surface area is 95.7 Å². The van der Waals surface area contributed by atoms with Gasteiger partial charge >= 0.3 is 16.4 Å².